The van der Waals surface area contributed by atoms with Crippen LogP contribution in [0.4, 0.5) is 14.9 Å². The number of carbonyl (C=O) groups excluding carboxylic acids is 1. The molecule has 0 aromatic heterocycles. The Labute approximate surface area is 185 Å². The third-order valence-electron chi connectivity index (χ3n) is 5.43. The van der Waals surface area contributed by atoms with Crippen LogP contribution in [0.3, 0.4) is 0 Å². The number of halogens is 2. The van der Waals surface area contributed by atoms with Crippen LogP contribution in [0.15, 0.2) is 60.7 Å². The average Bonchev–Trinajstić information content (AvgIpc) is 2.79. The Balaban J connectivity index is 1.78. The Kier molecular flexibility index (Phi) is 6.00. The van der Waals surface area contributed by atoms with Gasteiger partial charge in [-0.15, -0.1) is 0 Å². The van der Waals surface area contributed by atoms with Crippen molar-refractivity contribution >= 4 is 23.3 Å². The summed E-state index contributed by atoms with van der Waals surface area (Å²) in [5.74, 6) is 0.863. The number of methoxy groups -OCH3 is 2. The molecular weight excluding hydrogens is 419 g/mol. The Morgan fingerprint density at radius 1 is 1.03 bits per heavy atom. The van der Waals surface area contributed by atoms with Gasteiger partial charge in [-0.25, -0.2) is 9.18 Å². The first kappa shape index (κ1) is 21.0. The van der Waals surface area contributed by atoms with E-state index in [1.165, 1.54) is 24.3 Å². The molecule has 1 aliphatic heterocycles. The number of rotatable bonds is 4. The molecule has 3 aromatic carbocycles. The topological polar surface area (TPSA) is 50.8 Å². The Morgan fingerprint density at radius 2 is 1.71 bits per heavy atom. The van der Waals surface area contributed by atoms with Gasteiger partial charge in [-0.05, 0) is 65.6 Å². The van der Waals surface area contributed by atoms with Crippen molar-refractivity contribution in [3.8, 4) is 11.5 Å². The minimum atomic E-state index is -0.419. The van der Waals surface area contributed by atoms with E-state index in [-0.39, 0.29) is 11.8 Å². The summed E-state index contributed by atoms with van der Waals surface area (Å²) in [4.78, 5) is 15.0. The van der Waals surface area contributed by atoms with E-state index in [1.54, 1.807) is 19.1 Å². The molecule has 4 rings (SSSR count). The van der Waals surface area contributed by atoms with Crippen LogP contribution in [0.2, 0.25) is 5.02 Å². The van der Waals surface area contributed by atoms with Crippen molar-refractivity contribution in [3.05, 3.63) is 88.2 Å². The highest BCUT2D eigenvalue weighted by Crippen LogP contribution is 2.42. The predicted molar refractivity (Wildman–Crippen MR) is 119 cm³/mol. The molecule has 0 radical (unpaired) electrons. The number of ether oxygens (including phenoxy) is 2. The van der Waals surface area contributed by atoms with Gasteiger partial charge >= 0.3 is 6.03 Å². The van der Waals surface area contributed by atoms with Crippen molar-refractivity contribution in [1.29, 1.82) is 0 Å². The molecule has 5 nitrogen and oxygen atoms in total. The van der Waals surface area contributed by atoms with Crippen molar-refractivity contribution in [2.24, 2.45) is 0 Å². The molecule has 1 heterocycles. The van der Waals surface area contributed by atoms with E-state index in [2.05, 4.69) is 5.32 Å². The Bertz CT molecular complexity index is 1100. The first-order chi connectivity index (χ1) is 15.0. The molecule has 160 valence electrons. The first-order valence-corrected chi connectivity index (χ1v) is 10.2. The SMILES string of the molecule is COc1cc2c(cc1OC)C(c1ccccc1Cl)N(C(=O)Nc1ccc(F)cc1)CC2. The van der Waals surface area contributed by atoms with Gasteiger partial charge in [0.1, 0.15) is 5.82 Å². The molecule has 7 heteroatoms. The van der Waals surface area contributed by atoms with E-state index in [1.807, 2.05) is 36.4 Å². The van der Waals surface area contributed by atoms with E-state index in [4.69, 9.17) is 21.1 Å². The Hall–Kier alpha value is -3.25. The third-order valence-corrected chi connectivity index (χ3v) is 5.77. The normalized spacial score (nSPS) is 15.2. The lowest BCUT2D eigenvalue weighted by Crippen LogP contribution is -2.43. The number of carbonyl (C=O) groups is 1. The van der Waals surface area contributed by atoms with E-state index in [0.717, 1.165) is 16.7 Å². The fraction of sp³-hybridized carbons (Fsp3) is 0.208. The number of nitrogens with one attached hydrogen (secondary N) is 1. The predicted octanol–water partition coefficient (Wildman–Crippen LogP) is 5.68. The first-order valence-electron chi connectivity index (χ1n) is 9.84. The third kappa shape index (κ3) is 4.16. The summed E-state index contributed by atoms with van der Waals surface area (Å²) < 4.78 is 24.2. The quantitative estimate of drug-likeness (QED) is 0.568. The zero-order chi connectivity index (χ0) is 22.0. The van der Waals surface area contributed by atoms with Crippen LogP contribution in [0.25, 0.3) is 0 Å². The molecule has 31 heavy (non-hydrogen) atoms. The van der Waals surface area contributed by atoms with Crippen LogP contribution in [0.1, 0.15) is 22.7 Å². The summed E-state index contributed by atoms with van der Waals surface area (Å²) in [6.07, 6.45) is 0.646. The highest BCUT2D eigenvalue weighted by atomic mass is 35.5. The summed E-state index contributed by atoms with van der Waals surface area (Å²) >= 11 is 6.55. The minimum absolute atomic E-state index is 0.294. The highest BCUT2D eigenvalue weighted by molar-refractivity contribution is 6.31. The zero-order valence-corrected chi connectivity index (χ0v) is 17.9. The molecule has 1 unspecified atom stereocenters. The van der Waals surface area contributed by atoms with Crippen LogP contribution in [-0.4, -0.2) is 31.7 Å². The minimum Gasteiger partial charge on any atom is -0.493 e. The molecule has 0 aliphatic carbocycles. The van der Waals surface area contributed by atoms with Gasteiger partial charge in [-0.3, -0.25) is 0 Å². The molecule has 0 fully saturated rings. The summed E-state index contributed by atoms with van der Waals surface area (Å²) in [6.45, 7) is 0.478. The van der Waals surface area contributed by atoms with Gasteiger partial charge in [0.15, 0.2) is 11.5 Å². The van der Waals surface area contributed by atoms with Crippen molar-refractivity contribution in [2.45, 2.75) is 12.5 Å². The van der Waals surface area contributed by atoms with Gasteiger partial charge in [-0.2, -0.15) is 0 Å². The number of hydrogen-bond donors (Lipinski definition) is 1. The van der Waals surface area contributed by atoms with E-state index >= 15 is 0 Å². The maximum absolute atomic E-state index is 13.3. The van der Waals surface area contributed by atoms with Crippen molar-refractivity contribution < 1.29 is 18.7 Å². The van der Waals surface area contributed by atoms with Gasteiger partial charge in [0, 0.05) is 17.3 Å². The van der Waals surface area contributed by atoms with Crippen molar-refractivity contribution in [1.82, 2.24) is 4.90 Å². The number of urea groups is 1. The molecule has 0 spiro atoms. The molecule has 0 saturated heterocycles. The second-order valence-corrected chi connectivity index (χ2v) is 7.62. The molecule has 3 aromatic rings. The maximum atomic E-state index is 13.3. The van der Waals surface area contributed by atoms with Gasteiger partial charge < -0.3 is 19.7 Å². The van der Waals surface area contributed by atoms with Crippen LogP contribution in [0.5, 0.6) is 11.5 Å². The lowest BCUT2D eigenvalue weighted by Gasteiger charge is -2.38. The fourth-order valence-corrected chi connectivity index (χ4v) is 4.16. The largest absolute Gasteiger partial charge is 0.493 e. The summed E-state index contributed by atoms with van der Waals surface area (Å²) in [5.41, 5.74) is 3.31. The monoisotopic (exact) mass is 440 g/mol. The summed E-state index contributed by atoms with van der Waals surface area (Å²) in [5, 5.41) is 3.43. The maximum Gasteiger partial charge on any atom is 0.322 e. The van der Waals surface area contributed by atoms with Crippen LogP contribution in [-0.2, 0) is 6.42 Å². The second kappa shape index (κ2) is 8.86. The van der Waals surface area contributed by atoms with Crippen LogP contribution < -0.4 is 14.8 Å². The zero-order valence-electron chi connectivity index (χ0n) is 17.2. The summed E-state index contributed by atoms with van der Waals surface area (Å²) in [6, 6.07) is 16.3. The number of amides is 2. The molecule has 0 bridgehead atoms. The standard InChI is InChI=1S/C24H22ClFN2O3/c1-30-21-13-15-11-12-28(24(29)27-17-9-7-16(26)8-10-17)23(19(15)14-22(21)31-2)18-5-3-4-6-20(18)25/h3-10,13-14,23H,11-12H2,1-2H3,(H,27,29). The number of benzene rings is 3. The van der Waals surface area contributed by atoms with E-state index in [9.17, 15) is 9.18 Å². The van der Waals surface area contributed by atoms with Gasteiger partial charge in [0.2, 0.25) is 0 Å². The average molecular weight is 441 g/mol. The molecule has 2 amide bonds. The molecular formula is C24H22ClFN2O3. The van der Waals surface area contributed by atoms with E-state index in [0.29, 0.717) is 35.2 Å². The molecule has 1 aliphatic rings. The lowest BCUT2D eigenvalue weighted by atomic mass is 9.87. The van der Waals surface area contributed by atoms with Crippen LogP contribution in [0, 0.1) is 5.82 Å². The number of fused-ring (bicyclic) bond motifs is 1. The summed E-state index contributed by atoms with van der Waals surface area (Å²) in [7, 11) is 3.18. The lowest BCUT2D eigenvalue weighted by molar-refractivity contribution is 0.193. The fourth-order valence-electron chi connectivity index (χ4n) is 3.93. The molecule has 1 atom stereocenters. The van der Waals surface area contributed by atoms with E-state index < -0.39 is 6.04 Å². The number of nitrogens with zero attached hydrogens (tertiary/aromatic N) is 1. The Morgan fingerprint density at radius 3 is 2.39 bits per heavy atom. The van der Waals surface area contributed by atoms with Gasteiger partial charge in [-0.1, -0.05) is 29.8 Å². The number of hydrogen-bond acceptors (Lipinski definition) is 3. The highest BCUT2D eigenvalue weighted by Gasteiger charge is 2.34. The van der Waals surface area contributed by atoms with Gasteiger partial charge in [0.05, 0.1) is 20.3 Å². The molecule has 1 N–H and O–H groups in total. The molecule has 0 saturated carbocycles. The second-order valence-electron chi connectivity index (χ2n) is 7.21. The van der Waals surface area contributed by atoms with Crippen molar-refractivity contribution in [3.63, 3.8) is 0 Å². The van der Waals surface area contributed by atoms with Crippen LogP contribution >= 0.6 is 11.6 Å². The number of anilines is 1. The van der Waals surface area contributed by atoms with Gasteiger partial charge in [0.25, 0.3) is 0 Å². The van der Waals surface area contributed by atoms with Crippen molar-refractivity contribution in [2.75, 3.05) is 26.1 Å². The smallest absolute Gasteiger partial charge is 0.322 e.